The molecule has 2 aliphatic carbocycles. The molecule has 0 aromatic heterocycles. The van der Waals surface area contributed by atoms with Crippen LogP contribution < -0.4 is 0 Å². The molecule has 0 nitrogen and oxygen atoms in total. The van der Waals surface area contributed by atoms with E-state index in [4.69, 9.17) is 0 Å². The third-order valence-corrected chi connectivity index (χ3v) is 6.01. The Kier molecular flexibility index (Phi) is 12.7. The van der Waals surface area contributed by atoms with Gasteiger partial charge in [-0.25, -0.2) is 0 Å². The summed E-state index contributed by atoms with van der Waals surface area (Å²) in [6.07, 6.45) is 0. The molecule has 1 heteroatoms. The Hall–Kier alpha value is 0.103. The molecule has 0 amide bonds. The van der Waals surface area contributed by atoms with Crippen LogP contribution in [0.3, 0.4) is 0 Å². The van der Waals surface area contributed by atoms with Crippen molar-refractivity contribution in [1.29, 1.82) is 0 Å². The molecule has 0 spiro atoms. The molecule has 2 saturated carbocycles. The number of hydrogen-bond donors (Lipinski definition) is 0. The maximum Gasteiger partial charge on any atom is 4.00 e. The van der Waals surface area contributed by atoms with E-state index in [1.54, 1.807) is 0 Å². The van der Waals surface area contributed by atoms with Crippen LogP contribution in [0.1, 0.15) is 62.3 Å². The first-order valence-electron chi connectivity index (χ1n) is 9.26. The standard InChI is InChI=1S/C10H15.C10H14.C6H5.Zr/c2*1-6-7(2)9(4)10(5)8(6)3;1-2-4-6-5-3-1;/h1-5H3;1H2,2-5H3;1-5H;/q;2*-1;+4. The Morgan fingerprint density at radius 1 is 0.481 bits per heavy atom. The van der Waals surface area contributed by atoms with Crippen molar-refractivity contribution in [2.24, 2.45) is 0 Å². The minimum atomic E-state index is 0. The van der Waals surface area contributed by atoms with Gasteiger partial charge in [0.1, 0.15) is 0 Å². The van der Waals surface area contributed by atoms with Crippen molar-refractivity contribution in [2.45, 2.75) is 62.3 Å². The monoisotopic (exact) mass is 436 g/mol. The van der Waals surface area contributed by atoms with Crippen molar-refractivity contribution in [3.8, 4) is 0 Å². The van der Waals surface area contributed by atoms with Crippen molar-refractivity contribution < 1.29 is 26.2 Å². The van der Waals surface area contributed by atoms with Gasteiger partial charge >= 0.3 is 26.2 Å². The first-order valence-corrected chi connectivity index (χ1v) is 9.26. The van der Waals surface area contributed by atoms with Gasteiger partial charge in [0.05, 0.1) is 0 Å². The third-order valence-electron chi connectivity index (χ3n) is 6.01. The van der Waals surface area contributed by atoms with Crippen LogP contribution in [0.2, 0.25) is 0 Å². The summed E-state index contributed by atoms with van der Waals surface area (Å²) in [6.45, 7) is 23.6. The Labute approximate surface area is 190 Å². The molecule has 2 fully saturated rings. The predicted octanol–water partition coefficient (Wildman–Crippen LogP) is 7.24. The second-order valence-electron chi connectivity index (χ2n) is 7.18. The SMILES string of the molecule is C[C]1[C](C)[C](C)[C](C)[C]1C.[CH2-][C]1[C](C)[C](C)[C](C)[C]1C.[Zr+4].[c-]1ccccc1. The Bertz CT molecular complexity index is 338. The topological polar surface area (TPSA) is 0 Å². The molecule has 0 N–H and O–H groups in total. The summed E-state index contributed by atoms with van der Waals surface area (Å²) in [6, 6.07) is 12.5. The van der Waals surface area contributed by atoms with Gasteiger partial charge in [-0.15, -0.1) is 0 Å². The van der Waals surface area contributed by atoms with Crippen LogP contribution in [0, 0.1) is 72.2 Å². The molecule has 0 bridgehead atoms. The van der Waals surface area contributed by atoms with Gasteiger partial charge in [-0.05, 0) is 53.3 Å². The molecule has 1 aromatic rings. The van der Waals surface area contributed by atoms with Gasteiger partial charge in [-0.1, -0.05) is 62.3 Å². The van der Waals surface area contributed by atoms with Crippen LogP contribution in [0.25, 0.3) is 0 Å². The molecule has 140 valence electrons. The fourth-order valence-corrected chi connectivity index (χ4v) is 3.04. The maximum atomic E-state index is 4.00. The van der Waals surface area contributed by atoms with E-state index in [0.29, 0.717) is 0 Å². The number of hydrogen-bond acceptors (Lipinski definition) is 0. The normalized spacial score (nSPS) is 22.9. The van der Waals surface area contributed by atoms with Crippen molar-refractivity contribution >= 4 is 0 Å². The quantitative estimate of drug-likeness (QED) is 0.375. The van der Waals surface area contributed by atoms with Crippen molar-refractivity contribution in [3.63, 3.8) is 0 Å². The maximum absolute atomic E-state index is 4.00. The number of benzene rings is 1. The summed E-state index contributed by atoms with van der Waals surface area (Å²) in [7, 11) is 0. The van der Waals surface area contributed by atoms with E-state index in [-0.39, 0.29) is 26.2 Å². The van der Waals surface area contributed by atoms with Gasteiger partial charge in [0.2, 0.25) is 0 Å². The molecular weight excluding hydrogens is 404 g/mol. The molecule has 1 aromatic carbocycles. The minimum absolute atomic E-state index is 0. The largest absolute Gasteiger partial charge is 4.00 e. The van der Waals surface area contributed by atoms with E-state index in [1.165, 1.54) is 59.2 Å². The first kappa shape index (κ1) is 27.1. The molecule has 0 aliphatic heterocycles. The Morgan fingerprint density at radius 3 is 0.852 bits per heavy atom. The van der Waals surface area contributed by atoms with E-state index < -0.39 is 0 Å². The summed E-state index contributed by atoms with van der Waals surface area (Å²) < 4.78 is 0. The van der Waals surface area contributed by atoms with Gasteiger partial charge in [0.15, 0.2) is 0 Å². The number of rotatable bonds is 0. The van der Waals surface area contributed by atoms with Crippen LogP contribution >= 0.6 is 0 Å². The van der Waals surface area contributed by atoms with Crippen molar-refractivity contribution in [3.05, 3.63) is 103 Å². The van der Waals surface area contributed by atoms with Crippen molar-refractivity contribution in [1.82, 2.24) is 0 Å². The summed E-state index contributed by atoms with van der Waals surface area (Å²) in [5, 5.41) is 0. The molecule has 3 rings (SSSR count). The molecular formula is C26H34Zr+2. The second kappa shape index (κ2) is 12.6. The van der Waals surface area contributed by atoms with Gasteiger partial charge in [0.25, 0.3) is 0 Å². The minimum Gasteiger partial charge on any atom is -0.338 e. The Balaban J connectivity index is 0.000000380. The van der Waals surface area contributed by atoms with E-state index in [2.05, 4.69) is 75.3 Å². The van der Waals surface area contributed by atoms with Crippen molar-refractivity contribution in [2.75, 3.05) is 0 Å². The fraction of sp³-hybridized carbons (Fsp3) is 0.346. The molecule has 0 unspecified atom stereocenters. The van der Waals surface area contributed by atoms with Gasteiger partial charge in [-0.2, -0.15) is 42.3 Å². The summed E-state index contributed by atoms with van der Waals surface area (Å²) in [5.74, 6) is 14.1. The summed E-state index contributed by atoms with van der Waals surface area (Å²) >= 11 is 0. The molecule has 2 aliphatic rings. The summed E-state index contributed by atoms with van der Waals surface area (Å²) in [5.41, 5.74) is 0. The summed E-state index contributed by atoms with van der Waals surface area (Å²) in [4.78, 5) is 0. The van der Waals surface area contributed by atoms with Crippen LogP contribution in [-0.4, -0.2) is 0 Å². The fourth-order valence-electron chi connectivity index (χ4n) is 3.04. The van der Waals surface area contributed by atoms with Crippen LogP contribution in [0.15, 0.2) is 30.3 Å². The third kappa shape index (κ3) is 7.13. The van der Waals surface area contributed by atoms with Gasteiger partial charge in [0, 0.05) is 0 Å². The molecule has 0 saturated heterocycles. The molecule has 0 heterocycles. The average molecular weight is 438 g/mol. The van der Waals surface area contributed by atoms with E-state index in [9.17, 15) is 0 Å². The Morgan fingerprint density at radius 2 is 0.741 bits per heavy atom. The van der Waals surface area contributed by atoms with Crippen LogP contribution in [-0.2, 0) is 26.2 Å². The van der Waals surface area contributed by atoms with E-state index in [1.807, 2.05) is 30.3 Å². The smallest absolute Gasteiger partial charge is 0.338 e. The molecule has 27 heavy (non-hydrogen) atoms. The molecule has 0 atom stereocenters. The van der Waals surface area contributed by atoms with Gasteiger partial charge in [-0.3, -0.25) is 0 Å². The molecule has 10 radical (unpaired) electrons. The first-order chi connectivity index (χ1) is 12.1. The van der Waals surface area contributed by atoms with Gasteiger partial charge < -0.3 is 6.92 Å². The van der Waals surface area contributed by atoms with Crippen LogP contribution in [0.4, 0.5) is 0 Å². The predicted molar refractivity (Wildman–Crippen MR) is 114 cm³/mol. The van der Waals surface area contributed by atoms with Crippen LogP contribution in [0.5, 0.6) is 0 Å². The van der Waals surface area contributed by atoms with E-state index >= 15 is 0 Å². The van der Waals surface area contributed by atoms with E-state index in [0.717, 1.165) is 0 Å². The zero-order valence-electron chi connectivity index (χ0n) is 18.6. The zero-order chi connectivity index (χ0) is 20.0. The average Bonchev–Trinajstić information content (AvgIpc) is 2.94. The zero-order valence-corrected chi connectivity index (χ0v) is 21.1. The second-order valence-corrected chi connectivity index (χ2v) is 7.18.